The molecule has 1 amide bonds. The summed E-state index contributed by atoms with van der Waals surface area (Å²) in [5.41, 5.74) is 0.879. The lowest BCUT2D eigenvalue weighted by molar-refractivity contribution is -0.133. The molecule has 142 valence electrons. The van der Waals surface area contributed by atoms with Crippen LogP contribution in [0.5, 0.6) is 0 Å². The Morgan fingerprint density at radius 1 is 1.19 bits per heavy atom. The molecule has 1 N–H and O–H groups in total. The van der Waals surface area contributed by atoms with Crippen molar-refractivity contribution in [3.8, 4) is 0 Å². The Kier molecular flexibility index (Phi) is 5.82. The number of amides is 1. The van der Waals surface area contributed by atoms with E-state index in [0.717, 1.165) is 38.2 Å². The van der Waals surface area contributed by atoms with Gasteiger partial charge in [0, 0.05) is 25.8 Å². The third kappa shape index (κ3) is 4.42. The van der Waals surface area contributed by atoms with Crippen molar-refractivity contribution >= 4 is 5.91 Å². The number of likely N-dealkylation sites (tertiary alicyclic amines) is 2. The summed E-state index contributed by atoms with van der Waals surface area (Å²) < 4.78 is 6.13. The van der Waals surface area contributed by atoms with E-state index < -0.39 is 0 Å². The number of hydrogen-bond acceptors (Lipinski definition) is 5. The number of hydrogen-bond donors (Lipinski definition) is 1. The number of fused-ring (bicyclic) bond motifs is 1. The fourth-order valence-corrected chi connectivity index (χ4v) is 4.45. The zero-order valence-corrected chi connectivity index (χ0v) is 15.5. The van der Waals surface area contributed by atoms with E-state index in [1.807, 2.05) is 18.2 Å². The van der Waals surface area contributed by atoms with Gasteiger partial charge >= 0.3 is 0 Å². The molecule has 6 nitrogen and oxygen atoms in total. The first-order valence-electron chi connectivity index (χ1n) is 10.1. The summed E-state index contributed by atoms with van der Waals surface area (Å²) >= 11 is 0. The monoisotopic (exact) mass is 358 g/mol. The SMILES string of the molecule is O=C(NCc1ccccn1)[C@@H]1C[C@@H]2CCN(CCN3CCCC3)C[C@H]2O1. The van der Waals surface area contributed by atoms with Crippen LogP contribution in [0.1, 0.15) is 31.4 Å². The zero-order valence-electron chi connectivity index (χ0n) is 15.5. The van der Waals surface area contributed by atoms with Crippen LogP contribution in [-0.4, -0.2) is 72.2 Å². The standard InChI is InChI=1S/C20H30N4O2/c25-20(22-14-17-5-1-2-7-21-17)18-13-16-6-10-24(15-19(16)26-18)12-11-23-8-3-4-9-23/h1-2,5,7,16,18-19H,3-4,6,8-15H2,(H,22,25)/t16-,18-,19+/m0/s1. The van der Waals surface area contributed by atoms with Crippen LogP contribution in [0.3, 0.4) is 0 Å². The molecule has 1 aromatic heterocycles. The number of pyridine rings is 1. The molecule has 6 heteroatoms. The summed E-state index contributed by atoms with van der Waals surface area (Å²) in [4.78, 5) is 21.8. The molecule has 0 aromatic carbocycles. The lowest BCUT2D eigenvalue weighted by atomic mass is 9.91. The van der Waals surface area contributed by atoms with E-state index in [1.54, 1.807) is 6.20 Å². The minimum Gasteiger partial charge on any atom is -0.364 e. The number of carbonyl (C=O) groups is 1. The second-order valence-corrected chi connectivity index (χ2v) is 7.84. The van der Waals surface area contributed by atoms with E-state index in [9.17, 15) is 4.79 Å². The fourth-order valence-electron chi connectivity index (χ4n) is 4.45. The normalized spacial score (nSPS) is 29.6. The maximum Gasteiger partial charge on any atom is 0.249 e. The van der Waals surface area contributed by atoms with Gasteiger partial charge in [0.1, 0.15) is 6.10 Å². The number of nitrogens with zero attached hydrogens (tertiary/aromatic N) is 3. The first kappa shape index (κ1) is 17.9. The van der Waals surface area contributed by atoms with E-state index in [0.29, 0.717) is 12.5 Å². The Labute approximate surface area is 155 Å². The van der Waals surface area contributed by atoms with Gasteiger partial charge in [0.25, 0.3) is 0 Å². The molecule has 3 aliphatic rings. The smallest absolute Gasteiger partial charge is 0.249 e. The van der Waals surface area contributed by atoms with Crippen LogP contribution >= 0.6 is 0 Å². The van der Waals surface area contributed by atoms with Gasteiger partial charge in [-0.05, 0) is 63.4 Å². The van der Waals surface area contributed by atoms with E-state index in [1.165, 1.54) is 32.5 Å². The summed E-state index contributed by atoms with van der Waals surface area (Å²) in [5.74, 6) is 0.539. The lowest BCUT2D eigenvalue weighted by Crippen LogP contribution is -2.45. The van der Waals surface area contributed by atoms with Crippen LogP contribution in [0.2, 0.25) is 0 Å². The summed E-state index contributed by atoms with van der Waals surface area (Å²) in [5, 5.41) is 2.98. The second-order valence-electron chi connectivity index (χ2n) is 7.84. The predicted octanol–water partition coefficient (Wildman–Crippen LogP) is 1.27. The number of nitrogens with one attached hydrogen (secondary N) is 1. The first-order valence-corrected chi connectivity index (χ1v) is 10.1. The van der Waals surface area contributed by atoms with Gasteiger partial charge in [-0.25, -0.2) is 0 Å². The van der Waals surface area contributed by atoms with Gasteiger partial charge in [-0.15, -0.1) is 0 Å². The maximum atomic E-state index is 12.5. The van der Waals surface area contributed by atoms with Crippen molar-refractivity contribution in [2.75, 3.05) is 39.3 Å². The molecular weight excluding hydrogens is 328 g/mol. The van der Waals surface area contributed by atoms with Gasteiger partial charge in [0.05, 0.1) is 18.3 Å². The van der Waals surface area contributed by atoms with Gasteiger partial charge in [0.15, 0.2) is 0 Å². The number of aromatic nitrogens is 1. The van der Waals surface area contributed by atoms with Gasteiger partial charge in [-0.1, -0.05) is 6.07 Å². The Balaban J connectivity index is 1.21. The minimum absolute atomic E-state index is 0.00803. The van der Waals surface area contributed by atoms with Crippen LogP contribution in [0.15, 0.2) is 24.4 Å². The van der Waals surface area contributed by atoms with Crippen LogP contribution in [0, 0.1) is 5.92 Å². The van der Waals surface area contributed by atoms with Gasteiger partial charge < -0.3 is 15.0 Å². The highest BCUT2D eigenvalue weighted by Gasteiger charge is 2.41. The van der Waals surface area contributed by atoms with Crippen molar-refractivity contribution in [1.82, 2.24) is 20.1 Å². The highest BCUT2D eigenvalue weighted by Crippen LogP contribution is 2.33. The molecule has 0 spiro atoms. The molecule has 0 radical (unpaired) electrons. The van der Waals surface area contributed by atoms with Crippen molar-refractivity contribution in [3.05, 3.63) is 30.1 Å². The maximum absolute atomic E-state index is 12.5. The number of ether oxygens (including phenoxy) is 1. The van der Waals surface area contributed by atoms with Crippen LogP contribution in [0.4, 0.5) is 0 Å². The van der Waals surface area contributed by atoms with Crippen molar-refractivity contribution < 1.29 is 9.53 Å². The minimum atomic E-state index is -0.299. The molecule has 0 aliphatic carbocycles. The van der Waals surface area contributed by atoms with Crippen molar-refractivity contribution in [2.24, 2.45) is 5.92 Å². The van der Waals surface area contributed by atoms with Gasteiger partial charge in [0.2, 0.25) is 5.91 Å². The molecule has 4 heterocycles. The topological polar surface area (TPSA) is 57.7 Å². The average Bonchev–Trinajstić information content (AvgIpc) is 3.34. The van der Waals surface area contributed by atoms with Crippen molar-refractivity contribution in [2.45, 2.75) is 44.4 Å². The molecule has 3 atom stereocenters. The third-order valence-corrected chi connectivity index (χ3v) is 6.03. The molecule has 26 heavy (non-hydrogen) atoms. The number of carbonyl (C=O) groups excluding carboxylic acids is 1. The highest BCUT2D eigenvalue weighted by molar-refractivity contribution is 5.81. The van der Waals surface area contributed by atoms with E-state index in [4.69, 9.17) is 4.74 Å². The second kappa shape index (κ2) is 8.46. The van der Waals surface area contributed by atoms with Gasteiger partial charge in [-0.3, -0.25) is 14.7 Å². The quantitative estimate of drug-likeness (QED) is 0.830. The molecule has 3 fully saturated rings. The molecule has 4 rings (SSSR count). The molecule has 0 saturated carbocycles. The number of piperidine rings is 1. The van der Waals surface area contributed by atoms with Gasteiger partial charge in [-0.2, -0.15) is 0 Å². The lowest BCUT2D eigenvalue weighted by Gasteiger charge is -2.34. The zero-order chi connectivity index (χ0) is 17.8. The van der Waals surface area contributed by atoms with Crippen LogP contribution in [0.25, 0.3) is 0 Å². The molecule has 1 aromatic rings. The Hall–Kier alpha value is -1.50. The Bertz CT molecular complexity index is 591. The Morgan fingerprint density at radius 3 is 2.85 bits per heavy atom. The predicted molar refractivity (Wildman–Crippen MR) is 99.6 cm³/mol. The van der Waals surface area contributed by atoms with E-state index in [-0.39, 0.29) is 18.1 Å². The summed E-state index contributed by atoms with van der Waals surface area (Å²) in [6.07, 6.45) is 6.37. The van der Waals surface area contributed by atoms with Crippen LogP contribution in [-0.2, 0) is 16.1 Å². The largest absolute Gasteiger partial charge is 0.364 e. The first-order chi connectivity index (χ1) is 12.8. The summed E-state index contributed by atoms with van der Waals surface area (Å²) in [6.45, 7) is 7.40. The van der Waals surface area contributed by atoms with E-state index >= 15 is 0 Å². The Morgan fingerprint density at radius 2 is 2.04 bits per heavy atom. The third-order valence-electron chi connectivity index (χ3n) is 6.03. The molecule has 3 aliphatic heterocycles. The highest BCUT2D eigenvalue weighted by atomic mass is 16.5. The molecule has 0 unspecified atom stereocenters. The van der Waals surface area contributed by atoms with E-state index in [2.05, 4.69) is 20.1 Å². The molecule has 3 saturated heterocycles. The fraction of sp³-hybridized carbons (Fsp3) is 0.700. The average molecular weight is 358 g/mol. The molecule has 0 bridgehead atoms. The number of rotatable bonds is 6. The van der Waals surface area contributed by atoms with Crippen molar-refractivity contribution in [3.63, 3.8) is 0 Å². The van der Waals surface area contributed by atoms with Crippen molar-refractivity contribution in [1.29, 1.82) is 0 Å². The van der Waals surface area contributed by atoms with Crippen LogP contribution < -0.4 is 5.32 Å². The summed E-state index contributed by atoms with van der Waals surface area (Å²) in [6, 6.07) is 5.74. The summed E-state index contributed by atoms with van der Waals surface area (Å²) in [7, 11) is 0. The molecular formula is C20H30N4O2.